The van der Waals surface area contributed by atoms with Crippen molar-refractivity contribution >= 4 is 0 Å². The molecular formula is C17H27NO. The molecule has 0 saturated carbocycles. The van der Waals surface area contributed by atoms with Gasteiger partial charge >= 0.3 is 0 Å². The van der Waals surface area contributed by atoms with Gasteiger partial charge in [0.25, 0.3) is 0 Å². The van der Waals surface area contributed by atoms with E-state index < -0.39 is 0 Å². The summed E-state index contributed by atoms with van der Waals surface area (Å²) >= 11 is 0. The molecule has 0 aromatic heterocycles. The number of likely N-dealkylation sites (N-methyl/N-ethyl adjacent to an activating group) is 1. The van der Waals surface area contributed by atoms with Crippen molar-refractivity contribution in [2.75, 3.05) is 13.2 Å². The standard InChI is InChI=1S/C17H27NO/c1-4-18-17(16-9-6-10-19-16)15-8-5-7-14(12-15)11-13(2)3/h5,7-8,12-13,16-18H,4,6,9-11H2,1-3H3. The van der Waals surface area contributed by atoms with Gasteiger partial charge in [0.1, 0.15) is 0 Å². The van der Waals surface area contributed by atoms with Gasteiger partial charge in [-0.15, -0.1) is 0 Å². The van der Waals surface area contributed by atoms with E-state index >= 15 is 0 Å². The zero-order valence-corrected chi connectivity index (χ0v) is 12.5. The molecule has 1 aromatic carbocycles. The lowest BCUT2D eigenvalue weighted by molar-refractivity contribution is 0.0788. The molecule has 0 radical (unpaired) electrons. The Morgan fingerprint density at radius 1 is 1.37 bits per heavy atom. The lowest BCUT2D eigenvalue weighted by atomic mass is 9.95. The average molecular weight is 261 g/mol. The van der Waals surface area contributed by atoms with Crippen LogP contribution in [0.4, 0.5) is 0 Å². The fourth-order valence-corrected chi connectivity index (χ4v) is 2.93. The molecule has 1 aromatic rings. The van der Waals surface area contributed by atoms with Crippen LogP contribution < -0.4 is 5.32 Å². The summed E-state index contributed by atoms with van der Waals surface area (Å²) in [5, 5.41) is 3.60. The molecule has 0 aliphatic carbocycles. The highest BCUT2D eigenvalue weighted by Gasteiger charge is 2.26. The minimum absolute atomic E-state index is 0.342. The first kappa shape index (κ1) is 14.5. The van der Waals surface area contributed by atoms with Crippen LogP contribution >= 0.6 is 0 Å². The van der Waals surface area contributed by atoms with Gasteiger partial charge in [-0.05, 0) is 42.9 Å². The van der Waals surface area contributed by atoms with Crippen LogP contribution in [0.5, 0.6) is 0 Å². The second-order valence-electron chi connectivity index (χ2n) is 5.93. The van der Waals surface area contributed by atoms with Crippen molar-refractivity contribution in [3.05, 3.63) is 35.4 Å². The molecule has 2 nitrogen and oxygen atoms in total. The highest BCUT2D eigenvalue weighted by molar-refractivity contribution is 5.27. The third-order valence-electron chi connectivity index (χ3n) is 3.71. The molecule has 0 spiro atoms. The Labute approximate surface area is 117 Å². The van der Waals surface area contributed by atoms with E-state index in [1.54, 1.807) is 0 Å². The predicted molar refractivity (Wildman–Crippen MR) is 80.4 cm³/mol. The minimum atomic E-state index is 0.342. The van der Waals surface area contributed by atoms with Crippen molar-refractivity contribution in [2.45, 2.75) is 52.2 Å². The molecule has 2 unspecified atom stereocenters. The lowest BCUT2D eigenvalue weighted by Gasteiger charge is -2.25. The molecule has 0 amide bonds. The highest BCUT2D eigenvalue weighted by atomic mass is 16.5. The summed E-state index contributed by atoms with van der Waals surface area (Å²) in [5.74, 6) is 0.704. The van der Waals surface area contributed by atoms with Crippen molar-refractivity contribution in [3.63, 3.8) is 0 Å². The Kier molecular flexibility index (Phi) is 5.41. The maximum Gasteiger partial charge on any atom is 0.0770 e. The van der Waals surface area contributed by atoms with Crippen molar-refractivity contribution in [1.29, 1.82) is 0 Å². The van der Waals surface area contributed by atoms with Gasteiger partial charge in [0, 0.05) is 6.61 Å². The third kappa shape index (κ3) is 4.05. The predicted octanol–water partition coefficient (Wildman–Crippen LogP) is 3.71. The molecule has 2 rings (SSSR count). The first-order chi connectivity index (χ1) is 9.20. The Hall–Kier alpha value is -0.860. The van der Waals surface area contributed by atoms with Crippen LogP contribution in [-0.4, -0.2) is 19.3 Å². The van der Waals surface area contributed by atoms with Crippen molar-refractivity contribution in [3.8, 4) is 0 Å². The lowest BCUT2D eigenvalue weighted by Crippen LogP contribution is -2.31. The summed E-state index contributed by atoms with van der Waals surface area (Å²) < 4.78 is 5.88. The number of ether oxygens (including phenoxy) is 1. The minimum Gasteiger partial charge on any atom is -0.376 e. The van der Waals surface area contributed by atoms with Crippen molar-refractivity contribution in [2.24, 2.45) is 5.92 Å². The van der Waals surface area contributed by atoms with Gasteiger partial charge < -0.3 is 10.1 Å². The second-order valence-corrected chi connectivity index (χ2v) is 5.93. The van der Waals surface area contributed by atoms with E-state index in [1.807, 2.05) is 0 Å². The zero-order chi connectivity index (χ0) is 13.7. The Balaban J connectivity index is 2.15. The Morgan fingerprint density at radius 3 is 2.84 bits per heavy atom. The molecule has 1 aliphatic heterocycles. The Bertz CT molecular complexity index is 383. The molecule has 2 atom stereocenters. The van der Waals surface area contributed by atoms with Crippen molar-refractivity contribution < 1.29 is 4.74 Å². The van der Waals surface area contributed by atoms with Crippen LogP contribution in [0.1, 0.15) is 50.8 Å². The average Bonchev–Trinajstić information content (AvgIpc) is 2.89. The SMILES string of the molecule is CCNC(c1cccc(CC(C)C)c1)C1CCCO1. The quantitative estimate of drug-likeness (QED) is 0.843. The van der Waals surface area contributed by atoms with Gasteiger partial charge in [-0.25, -0.2) is 0 Å². The monoisotopic (exact) mass is 261 g/mol. The summed E-state index contributed by atoms with van der Waals surface area (Å²) in [6.45, 7) is 8.61. The largest absolute Gasteiger partial charge is 0.376 e. The van der Waals surface area contributed by atoms with Crippen LogP contribution in [-0.2, 0) is 11.2 Å². The number of benzene rings is 1. The van der Waals surface area contributed by atoms with Gasteiger partial charge in [-0.1, -0.05) is 45.0 Å². The van der Waals surface area contributed by atoms with E-state index in [4.69, 9.17) is 4.74 Å². The molecule has 0 bridgehead atoms. The summed E-state index contributed by atoms with van der Waals surface area (Å²) in [5.41, 5.74) is 2.82. The van der Waals surface area contributed by atoms with E-state index in [2.05, 4.69) is 50.4 Å². The van der Waals surface area contributed by atoms with Gasteiger partial charge in [0.2, 0.25) is 0 Å². The Morgan fingerprint density at radius 2 is 2.21 bits per heavy atom. The molecule has 1 fully saturated rings. The molecule has 106 valence electrons. The first-order valence-electron chi connectivity index (χ1n) is 7.64. The zero-order valence-electron chi connectivity index (χ0n) is 12.5. The summed E-state index contributed by atoms with van der Waals surface area (Å²) in [4.78, 5) is 0. The molecule has 2 heteroatoms. The maximum atomic E-state index is 5.88. The van der Waals surface area contributed by atoms with E-state index in [-0.39, 0.29) is 0 Å². The van der Waals surface area contributed by atoms with Crippen LogP contribution in [0.3, 0.4) is 0 Å². The van der Waals surface area contributed by atoms with E-state index in [9.17, 15) is 0 Å². The van der Waals surface area contributed by atoms with E-state index in [1.165, 1.54) is 24.0 Å². The normalized spacial score (nSPS) is 20.9. The van der Waals surface area contributed by atoms with E-state index in [0.717, 1.165) is 19.6 Å². The summed E-state index contributed by atoms with van der Waals surface area (Å²) in [6.07, 6.45) is 3.86. The number of nitrogens with one attached hydrogen (secondary N) is 1. The molecular weight excluding hydrogens is 234 g/mol. The summed E-state index contributed by atoms with van der Waals surface area (Å²) in [7, 11) is 0. The molecule has 1 saturated heterocycles. The van der Waals surface area contributed by atoms with Crippen LogP contribution in [0.15, 0.2) is 24.3 Å². The summed E-state index contributed by atoms with van der Waals surface area (Å²) in [6, 6.07) is 9.36. The van der Waals surface area contributed by atoms with Gasteiger partial charge in [-0.3, -0.25) is 0 Å². The number of hydrogen-bond acceptors (Lipinski definition) is 2. The van der Waals surface area contributed by atoms with Crippen molar-refractivity contribution in [1.82, 2.24) is 5.32 Å². The molecule has 1 aliphatic rings. The van der Waals surface area contributed by atoms with Gasteiger partial charge in [0.15, 0.2) is 0 Å². The fraction of sp³-hybridized carbons (Fsp3) is 0.647. The van der Waals surface area contributed by atoms with Crippen LogP contribution in [0.25, 0.3) is 0 Å². The first-order valence-corrected chi connectivity index (χ1v) is 7.64. The topological polar surface area (TPSA) is 21.3 Å². The molecule has 1 N–H and O–H groups in total. The molecule has 1 heterocycles. The maximum absolute atomic E-state index is 5.88. The van der Waals surface area contributed by atoms with Gasteiger partial charge in [-0.2, -0.15) is 0 Å². The molecule has 19 heavy (non-hydrogen) atoms. The van der Waals surface area contributed by atoms with Crippen LogP contribution in [0, 0.1) is 5.92 Å². The second kappa shape index (κ2) is 7.06. The van der Waals surface area contributed by atoms with Gasteiger partial charge in [0.05, 0.1) is 12.1 Å². The fourth-order valence-electron chi connectivity index (χ4n) is 2.93. The highest BCUT2D eigenvalue weighted by Crippen LogP contribution is 2.27. The van der Waals surface area contributed by atoms with Crippen LogP contribution in [0.2, 0.25) is 0 Å². The third-order valence-corrected chi connectivity index (χ3v) is 3.71. The van der Waals surface area contributed by atoms with E-state index in [0.29, 0.717) is 18.1 Å². The number of hydrogen-bond donors (Lipinski definition) is 1. The number of rotatable bonds is 6. The smallest absolute Gasteiger partial charge is 0.0770 e.